The van der Waals surface area contributed by atoms with Crippen LogP contribution in [0.4, 0.5) is 0 Å². The van der Waals surface area contributed by atoms with Crippen LogP contribution in [0.3, 0.4) is 0 Å². The third kappa shape index (κ3) is 2.42. The maximum absolute atomic E-state index is 4.65. The molecule has 0 aliphatic heterocycles. The summed E-state index contributed by atoms with van der Waals surface area (Å²) in [6.45, 7) is 8.91. The molecule has 0 aliphatic rings. The Balaban J connectivity index is 2.60. The van der Waals surface area contributed by atoms with Crippen molar-refractivity contribution in [2.45, 2.75) is 39.5 Å². The standard InChI is InChI=1S/C15H19NS/c1-10(2)14-13(12-8-6-5-7-9-12)15(11(3)4)17-16-14/h5-11H,1-4H3. The highest BCUT2D eigenvalue weighted by atomic mass is 32.1. The Labute approximate surface area is 108 Å². The van der Waals surface area contributed by atoms with Crippen LogP contribution < -0.4 is 0 Å². The van der Waals surface area contributed by atoms with Gasteiger partial charge < -0.3 is 0 Å². The lowest BCUT2D eigenvalue weighted by molar-refractivity contribution is 0.836. The van der Waals surface area contributed by atoms with E-state index in [4.69, 9.17) is 0 Å². The van der Waals surface area contributed by atoms with Crippen molar-refractivity contribution in [3.05, 3.63) is 40.9 Å². The second-order valence-electron chi connectivity index (χ2n) is 4.98. The van der Waals surface area contributed by atoms with E-state index in [0.717, 1.165) is 0 Å². The molecule has 1 aromatic heterocycles. The number of hydrogen-bond acceptors (Lipinski definition) is 2. The van der Waals surface area contributed by atoms with Crippen LogP contribution in [0, 0.1) is 0 Å². The molecule has 0 N–H and O–H groups in total. The third-order valence-corrected chi connectivity index (χ3v) is 4.04. The second-order valence-corrected chi connectivity index (χ2v) is 5.79. The summed E-state index contributed by atoms with van der Waals surface area (Å²) in [5.74, 6) is 1.02. The first-order valence-corrected chi connectivity index (χ1v) is 6.93. The number of nitrogens with zero attached hydrogens (tertiary/aromatic N) is 1. The van der Waals surface area contributed by atoms with Gasteiger partial charge in [0, 0.05) is 10.4 Å². The molecule has 0 spiro atoms. The zero-order valence-electron chi connectivity index (χ0n) is 10.9. The minimum Gasteiger partial charge on any atom is -0.197 e. The lowest BCUT2D eigenvalue weighted by atomic mass is 9.95. The summed E-state index contributed by atoms with van der Waals surface area (Å²) in [4.78, 5) is 1.40. The van der Waals surface area contributed by atoms with Crippen LogP contribution in [0.25, 0.3) is 11.1 Å². The van der Waals surface area contributed by atoms with Crippen molar-refractivity contribution < 1.29 is 0 Å². The van der Waals surface area contributed by atoms with Crippen molar-refractivity contribution in [3.8, 4) is 11.1 Å². The van der Waals surface area contributed by atoms with Gasteiger partial charge in [-0.3, -0.25) is 0 Å². The van der Waals surface area contributed by atoms with E-state index in [2.05, 4.69) is 62.4 Å². The van der Waals surface area contributed by atoms with Gasteiger partial charge in [-0.25, -0.2) is 0 Å². The molecule has 2 aromatic rings. The predicted molar refractivity (Wildman–Crippen MR) is 75.7 cm³/mol. The number of benzene rings is 1. The Hall–Kier alpha value is -1.15. The molecular formula is C15H19NS. The first-order chi connectivity index (χ1) is 8.11. The van der Waals surface area contributed by atoms with Gasteiger partial charge in [-0.1, -0.05) is 58.0 Å². The van der Waals surface area contributed by atoms with Crippen LogP contribution >= 0.6 is 11.5 Å². The number of rotatable bonds is 3. The van der Waals surface area contributed by atoms with E-state index in [1.165, 1.54) is 21.7 Å². The molecule has 2 rings (SSSR count). The summed E-state index contributed by atoms with van der Waals surface area (Å²) in [6, 6.07) is 10.6. The van der Waals surface area contributed by atoms with Gasteiger partial charge in [-0.2, -0.15) is 4.37 Å². The molecule has 0 amide bonds. The minimum atomic E-state index is 0.481. The Morgan fingerprint density at radius 3 is 2.12 bits per heavy atom. The van der Waals surface area contributed by atoms with E-state index in [9.17, 15) is 0 Å². The van der Waals surface area contributed by atoms with Crippen LogP contribution in [0.5, 0.6) is 0 Å². The summed E-state index contributed by atoms with van der Waals surface area (Å²) in [5.41, 5.74) is 3.90. The topological polar surface area (TPSA) is 12.9 Å². The van der Waals surface area contributed by atoms with Crippen LogP contribution in [-0.2, 0) is 0 Å². The fraction of sp³-hybridized carbons (Fsp3) is 0.400. The molecule has 0 saturated carbocycles. The van der Waals surface area contributed by atoms with Crippen molar-refractivity contribution in [1.29, 1.82) is 0 Å². The Morgan fingerprint density at radius 1 is 0.941 bits per heavy atom. The average Bonchev–Trinajstić information content (AvgIpc) is 2.74. The highest BCUT2D eigenvalue weighted by molar-refractivity contribution is 7.06. The molecule has 2 heteroatoms. The monoisotopic (exact) mass is 245 g/mol. The van der Waals surface area contributed by atoms with Crippen LogP contribution in [0.15, 0.2) is 30.3 Å². The second kappa shape index (κ2) is 5.01. The van der Waals surface area contributed by atoms with Gasteiger partial charge in [0.05, 0.1) is 5.69 Å². The molecular weight excluding hydrogens is 226 g/mol. The van der Waals surface area contributed by atoms with Gasteiger partial charge in [0.1, 0.15) is 0 Å². The molecule has 0 atom stereocenters. The van der Waals surface area contributed by atoms with Crippen LogP contribution in [-0.4, -0.2) is 4.37 Å². The molecule has 0 bridgehead atoms. The van der Waals surface area contributed by atoms with Crippen molar-refractivity contribution >= 4 is 11.5 Å². The summed E-state index contributed by atoms with van der Waals surface area (Å²) >= 11 is 1.66. The molecule has 17 heavy (non-hydrogen) atoms. The molecule has 0 aliphatic carbocycles. The van der Waals surface area contributed by atoms with Gasteiger partial charge >= 0.3 is 0 Å². The normalized spacial score (nSPS) is 11.4. The van der Waals surface area contributed by atoms with E-state index in [0.29, 0.717) is 11.8 Å². The van der Waals surface area contributed by atoms with E-state index < -0.39 is 0 Å². The summed E-state index contributed by atoms with van der Waals surface area (Å²) in [5, 5.41) is 0. The molecule has 1 heterocycles. The van der Waals surface area contributed by atoms with E-state index in [1.807, 2.05) is 0 Å². The molecule has 0 fully saturated rings. The first-order valence-electron chi connectivity index (χ1n) is 6.16. The zero-order chi connectivity index (χ0) is 12.4. The lowest BCUT2D eigenvalue weighted by Crippen LogP contribution is -1.93. The van der Waals surface area contributed by atoms with E-state index >= 15 is 0 Å². The molecule has 0 unspecified atom stereocenters. The van der Waals surface area contributed by atoms with Gasteiger partial charge in [0.25, 0.3) is 0 Å². The zero-order valence-corrected chi connectivity index (χ0v) is 11.7. The number of aromatic nitrogens is 1. The van der Waals surface area contributed by atoms with Crippen molar-refractivity contribution in [2.75, 3.05) is 0 Å². The fourth-order valence-corrected chi connectivity index (χ4v) is 3.02. The highest BCUT2D eigenvalue weighted by Crippen LogP contribution is 2.38. The third-order valence-electron chi connectivity index (χ3n) is 2.88. The van der Waals surface area contributed by atoms with Gasteiger partial charge in [-0.15, -0.1) is 0 Å². The summed E-state index contributed by atoms with van der Waals surface area (Å²) < 4.78 is 4.65. The number of hydrogen-bond donors (Lipinski definition) is 0. The maximum Gasteiger partial charge on any atom is 0.0648 e. The van der Waals surface area contributed by atoms with Crippen LogP contribution in [0.1, 0.15) is 50.1 Å². The Bertz CT molecular complexity index is 457. The Kier molecular flexibility index (Phi) is 3.63. The molecule has 90 valence electrons. The summed E-state index contributed by atoms with van der Waals surface area (Å²) in [7, 11) is 0. The van der Waals surface area contributed by atoms with Crippen molar-refractivity contribution in [2.24, 2.45) is 0 Å². The average molecular weight is 245 g/mol. The predicted octanol–water partition coefficient (Wildman–Crippen LogP) is 5.06. The molecule has 1 aromatic carbocycles. The highest BCUT2D eigenvalue weighted by Gasteiger charge is 2.19. The largest absolute Gasteiger partial charge is 0.197 e. The molecule has 0 saturated heterocycles. The van der Waals surface area contributed by atoms with Crippen molar-refractivity contribution in [3.63, 3.8) is 0 Å². The summed E-state index contributed by atoms with van der Waals surface area (Å²) in [6.07, 6.45) is 0. The lowest BCUT2D eigenvalue weighted by Gasteiger charge is -2.10. The fourth-order valence-electron chi connectivity index (χ4n) is 2.00. The maximum atomic E-state index is 4.65. The minimum absolute atomic E-state index is 0.481. The molecule has 0 radical (unpaired) electrons. The van der Waals surface area contributed by atoms with E-state index in [1.54, 1.807) is 11.5 Å². The Morgan fingerprint density at radius 2 is 1.59 bits per heavy atom. The van der Waals surface area contributed by atoms with E-state index in [-0.39, 0.29) is 0 Å². The SMILES string of the molecule is CC(C)c1nsc(C(C)C)c1-c1ccccc1. The van der Waals surface area contributed by atoms with Crippen LogP contribution in [0.2, 0.25) is 0 Å². The smallest absolute Gasteiger partial charge is 0.0648 e. The van der Waals surface area contributed by atoms with Gasteiger partial charge in [-0.05, 0) is 28.9 Å². The van der Waals surface area contributed by atoms with Gasteiger partial charge in [0.15, 0.2) is 0 Å². The van der Waals surface area contributed by atoms with Gasteiger partial charge in [0.2, 0.25) is 0 Å². The quantitative estimate of drug-likeness (QED) is 0.736. The first kappa shape index (κ1) is 12.3. The van der Waals surface area contributed by atoms with Crippen molar-refractivity contribution in [1.82, 2.24) is 4.37 Å². The molecule has 1 nitrogen and oxygen atoms in total.